The van der Waals surface area contributed by atoms with Crippen LogP contribution in [0.25, 0.3) is 0 Å². The van der Waals surface area contributed by atoms with Gasteiger partial charge >= 0.3 is 0 Å². The van der Waals surface area contributed by atoms with E-state index >= 15 is 0 Å². The number of aldehydes is 1. The zero-order chi connectivity index (χ0) is 18.7. The maximum absolute atomic E-state index is 14.8. The van der Waals surface area contributed by atoms with Crippen molar-refractivity contribution in [2.45, 2.75) is 24.8 Å². The fraction of sp³-hybridized carbons (Fsp3) is 0.579. The van der Waals surface area contributed by atoms with E-state index in [0.717, 1.165) is 6.29 Å². The monoisotopic (exact) mass is 363 g/mol. The van der Waals surface area contributed by atoms with E-state index in [-0.39, 0.29) is 12.6 Å². The van der Waals surface area contributed by atoms with Gasteiger partial charge in [0, 0.05) is 32.2 Å². The van der Waals surface area contributed by atoms with Crippen molar-refractivity contribution in [2.24, 2.45) is 11.8 Å². The fourth-order valence-electron chi connectivity index (χ4n) is 3.21. The SMILES string of the molecule is CN(C)C(=N)NC1(c2cc(OCC3CC3)ccc2F)COCCC1C=O. The number of nitrogens with one attached hydrogen (secondary N) is 2. The maximum Gasteiger partial charge on any atom is 0.191 e. The molecule has 1 saturated heterocycles. The highest BCUT2D eigenvalue weighted by Gasteiger charge is 2.46. The zero-order valence-electron chi connectivity index (χ0n) is 15.3. The summed E-state index contributed by atoms with van der Waals surface area (Å²) in [5.74, 6) is 0.287. The predicted molar refractivity (Wildman–Crippen MR) is 95.8 cm³/mol. The van der Waals surface area contributed by atoms with Gasteiger partial charge in [0.25, 0.3) is 0 Å². The second kappa shape index (κ2) is 7.61. The third-order valence-electron chi connectivity index (χ3n) is 5.09. The summed E-state index contributed by atoms with van der Waals surface area (Å²) in [6.45, 7) is 1.16. The Morgan fingerprint density at radius 1 is 1.46 bits per heavy atom. The summed E-state index contributed by atoms with van der Waals surface area (Å²) in [5.41, 5.74) is -0.834. The normalized spacial score (nSPS) is 25.4. The van der Waals surface area contributed by atoms with E-state index in [0.29, 0.717) is 36.9 Å². The number of rotatable bonds is 6. The van der Waals surface area contributed by atoms with Crippen LogP contribution in [0.5, 0.6) is 5.75 Å². The lowest BCUT2D eigenvalue weighted by Crippen LogP contribution is -2.59. The van der Waals surface area contributed by atoms with Crippen LogP contribution in [0.2, 0.25) is 0 Å². The second-order valence-corrected chi connectivity index (χ2v) is 7.32. The molecular weight excluding hydrogens is 337 g/mol. The molecule has 2 aliphatic rings. The lowest BCUT2D eigenvalue weighted by Gasteiger charge is -2.44. The van der Waals surface area contributed by atoms with Gasteiger partial charge in [0.05, 0.1) is 13.2 Å². The number of ether oxygens (including phenoxy) is 2. The van der Waals surface area contributed by atoms with E-state index in [4.69, 9.17) is 14.9 Å². The zero-order valence-corrected chi connectivity index (χ0v) is 15.3. The van der Waals surface area contributed by atoms with Crippen molar-refractivity contribution >= 4 is 12.2 Å². The molecule has 1 aromatic carbocycles. The van der Waals surface area contributed by atoms with Crippen molar-refractivity contribution < 1.29 is 18.7 Å². The quantitative estimate of drug-likeness (QED) is 0.460. The first-order valence-corrected chi connectivity index (χ1v) is 8.96. The van der Waals surface area contributed by atoms with Gasteiger partial charge in [-0.15, -0.1) is 0 Å². The molecule has 1 aliphatic heterocycles. The number of hydrogen-bond acceptors (Lipinski definition) is 4. The Morgan fingerprint density at radius 3 is 2.88 bits per heavy atom. The molecule has 0 spiro atoms. The smallest absolute Gasteiger partial charge is 0.191 e. The molecule has 6 nitrogen and oxygen atoms in total. The van der Waals surface area contributed by atoms with E-state index < -0.39 is 17.3 Å². The molecule has 7 heteroatoms. The fourth-order valence-corrected chi connectivity index (χ4v) is 3.21. The molecule has 0 aromatic heterocycles. The van der Waals surface area contributed by atoms with E-state index in [2.05, 4.69) is 5.32 Å². The van der Waals surface area contributed by atoms with Crippen molar-refractivity contribution in [3.8, 4) is 5.75 Å². The lowest BCUT2D eigenvalue weighted by molar-refractivity contribution is -0.119. The molecule has 2 unspecified atom stereocenters. The van der Waals surface area contributed by atoms with E-state index in [1.165, 1.54) is 18.9 Å². The molecule has 3 rings (SSSR count). The van der Waals surface area contributed by atoms with Crippen LogP contribution < -0.4 is 10.1 Å². The molecule has 2 N–H and O–H groups in total. The molecule has 1 aliphatic carbocycles. The predicted octanol–water partition coefficient (Wildman–Crippen LogP) is 2.13. The van der Waals surface area contributed by atoms with Crippen LogP contribution in [-0.2, 0) is 15.1 Å². The summed E-state index contributed by atoms with van der Waals surface area (Å²) in [6, 6.07) is 4.60. The Hall–Kier alpha value is -2.15. The molecular formula is C19H26FN3O3. The molecule has 0 radical (unpaired) electrons. The average Bonchev–Trinajstić information content (AvgIpc) is 3.45. The molecule has 0 bridgehead atoms. The van der Waals surface area contributed by atoms with Crippen molar-refractivity contribution in [1.82, 2.24) is 10.2 Å². The summed E-state index contributed by atoms with van der Waals surface area (Å²) >= 11 is 0. The molecule has 1 saturated carbocycles. The minimum absolute atomic E-state index is 0.0889. The number of hydrogen-bond donors (Lipinski definition) is 2. The molecule has 1 aromatic rings. The van der Waals surface area contributed by atoms with Crippen LogP contribution in [0.4, 0.5) is 4.39 Å². The lowest BCUT2D eigenvalue weighted by atomic mass is 9.76. The highest BCUT2D eigenvalue weighted by Crippen LogP contribution is 2.38. The minimum Gasteiger partial charge on any atom is -0.493 e. The van der Waals surface area contributed by atoms with Crippen LogP contribution >= 0.6 is 0 Å². The van der Waals surface area contributed by atoms with Crippen LogP contribution in [0.1, 0.15) is 24.8 Å². The third kappa shape index (κ3) is 3.82. The summed E-state index contributed by atoms with van der Waals surface area (Å²) in [7, 11) is 3.43. The number of benzene rings is 1. The maximum atomic E-state index is 14.8. The first-order valence-electron chi connectivity index (χ1n) is 8.96. The molecule has 2 atom stereocenters. The Balaban J connectivity index is 1.97. The Kier molecular flexibility index (Phi) is 5.46. The Labute approximate surface area is 153 Å². The van der Waals surface area contributed by atoms with Crippen LogP contribution in [0.3, 0.4) is 0 Å². The first-order chi connectivity index (χ1) is 12.5. The van der Waals surface area contributed by atoms with Gasteiger partial charge in [-0.25, -0.2) is 4.39 Å². The van der Waals surface area contributed by atoms with E-state index in [1.807, 2.05) is 0 Å². The average molecular weight is 363 g/mol. The topological polar surface area (TPSA) is 74.7 Å². The van der Waals surface area contributed by atoms with E-state index in [9.17, 15) is 9.18 Å². The standard InChI is InChI=1S/C19H26FN3O3/c1-23(2)18(21)22-19(12-25-8-7-14(19)10-24)16-9-15(5-6-17(16)20)26-11-13-3-4-13/h5-6,9-10,13-14H,3-4,7-8,11-12H2,1-2H3,(H2,21,22). The molecule has 1 heterocycles. The first kappa shape index (κ1) is 18.6. The largest absolute Gasteiger partial charge is 0.493 e. The van der Waals surface area contributed by atoms with Gasteiger partial charge in [-0.1, -0.05) is 0 Å². The number of nitrogens with zero attached hydrogens (tertiary/aromatic N) is 1. The van der Waals surface area contributed by atoms with Gasteiger partial charge < -0.3 is 24.5 Å². The summed E-state index contributed by atoms with van der Waals surface area (Å²) < 4.78 is 26.2. The summed E-state index contributed by atoms with van der Waals surface area (Å²) in [5, 5.41) is 11.2. The summed E-state index contributed by atoms with van der Waals surface area (Å²) in [4.78, 5) is 13.4. The van der Waals surface area contributed by atoms with Crippen molar-refractivity contribution in [1.29, 1.82) is 5.41 Å². The highest BCUT2D eigenvalue weighted by atomic mass is 19.1. The molecule has 0 amide bonds. The molecule has 26 heavy (non-hydrogen) atoms. The van der Waals surface area contributed by atoms with Crippen molar-refractivity contribution in [3.63, 3.8) is 0 Å². The number of halogens is 1. The molecule has 2 fully saturated rings. The van der Waals surface area contributed by atoms with Gasteiger partial charge in [-0.05, 0) is 43.4 Å². The summed E-state index contributed by atoms with van der Waals surface area (Å²) in [6.07, 6.45) is 3.63. The van der Waals surface area contributed by atoms with Gasteiger partial charge in [0.2, 0.25) is 0 Å². The van der Waals surface area contributed by atoms with Gasteiger partial charge in [-0.3, -0.25) is 5.41 Å². The van der Waals surface area contributed by atoms with Gasteiger partial charge in [-0.2, -0.15) is 0 Å². The van der Waals surface area contributed by atoms with Crippen LogP contribution in [0.15, 0.2) is 18.2 Å². The minimum atomic E-state index is -1.13. The number of carbonyl (C=O) groups excluding carboxylic acids is 1. The molecule has 142 valence electrons. The highest BCUT2D eigenvalue weighted by molar-refractivity contribution is 5.78. The van der Waals surface area contributed by atoms with Crippen molar-refractivity contribution in [3.05, 3.63) is 29.6 Å². The van der Waals surface area contributed by atoms with Crippen LogP contribution in [-0.4, -0.2) is 51.1 Å². The van der Waals surface area contributed by atoms with E-state index in [1.54, 1.807) is 31.1 Å². The number of carbonyl (C=O) groups is 1. The number of guanidine groups is 1. The third-order valence-corrected chi connectivity index (χ3v) is 5.09. The Bertz CT molecular complexity index is 678. The Morgan fingerprint density at radius 2 is 2.23 bits per heavy atom. The second-order valence-electron chi connectivity index (χ2n) is 7.32. The van der Waals surface area contributed by atoms with Crippen molar-refractivity contribution in [2.75, 3.05) is 33.9 Å². The van der Waals surface area contributed by atoms with Gasteiger partial charge in [0.1, 0.15) is 23.4 Å². The van der Waals surface area contributed by atoms with Crippen LogP contribution in [0, 0.1) is 23.1 Å². The van der Waals surface area contributed by atoms with Gasteiger partial charge in [0.15, 0.2) is 5.96 Å².